The van der Waals surface area contributed by atoms with E-state index in [1.165, 1.54) is 42.3 Å². The number of benzene rings is 2. The van der Waals surface area contributed by atoms with E-state index in [1.807, 2.05) is 7.05 Å². The minimum absolute atomic E-state index is 0.145. The molecule has 1 aliphatic rings. The van der Waals surface area contributed by atoms with Gasteiger partial charge in [-0.15, -0.1) is 0 Å². The highest BCUT2D eigenvalue weighted by molar-refractivity contribution is 5.94. The van der Waals surface area contributed by atoms with Crippen LogP contribution in [0, 0.1) is 5.82 Å². The van der Waals surface area contributed by atoms with Crippen molar-refractivity contribution in [3.8, 4) is 17.0 Å². The van der Waals surface area contributed by atoms with E-state index < -0.39 is 0 Å². The van der Waals surface area contributed by atoms with Crippen molar-refractivity contribution >= 4 is 16.8 Å². The summed E-state index contributed by atoms with van der Waals surface area (Å²) in [6.45, 7) is 1.99. The number of nitrogens with one attached hydrogen (secondary N) is 2. The van der Waals surface area contributed by atoms with Gasteiger partial charge in [-0.2, -0.15) is 0 Å². The van der Waals surface area contributed by atoms with Gasteiger partial charge in [-0.3, -0.25) is 4.79 Å². The fraction of sp³-hybridized carbons (Fsp3) is 0.516. The van der Waals surface area contributed by atoms with Crippen molar-refractivity contribution in [1.82, 2.24) is 15.2 Å². The van der Waals surface area contributed by atoms with Crippen LogP contribution in [-0.4, -0.2) is 44.3 Å². The highest BCUT2D eigenvalue weighted by Gasteiger charge is 2.27. The molecule has 0 aliphatic heterocycles. The average molecular weight is 524 g/mol. The number of carbonyl (C=O) groups excluding carboxylic acids is 1. The molecular formula is C31H42FN3O3. The third-order valence-corrected chi connectivity index (χ3v) is 7.61. The lowest BCUT2D eigenvalue weighted by Crippen LogP contribution is -2.29. The topological polar surface area (TPSA) is 64.5 Å². The molecule has 1 aliphatic carbocycles. The number of aryl methyl sites for hydroxylation is 1. The maximum Gasteiger partial charge on any atom is 0.257 e. The zero-order chi connectivity index (χ0) is 26.9. The van der Waals surface area contributed by atoms with Crippen LogP contribution in [-0.2, 0) is 23.2 Å². The number of halogens is 1. The quantitative estimate of drug-likeness (QED) is 0.267. The summed E-state index contributed by atoms with van der Waals surface area (Å²) in [6, 6.07) is 11.2. The zero-order valence-corrected chi connectivity index (χ0v) is 23.1. The van der Waals surface area contributed by atoms with E-state index in [0.29, 0.717) is 24.8 Å². The molecular weight excluding hydrogens is 481 g/mol. The Labute approximate surface area is 225 Å². The Balaban J connectivity index is 1.63. The summed E-state index contributed by atoms with van der Waals surface area (Å²) in [5, 5.41) is 7.27. The van der Waals surface area contributed by atoms with Crippen molar-refractivity contribution in [2.75, 3.05) is 33.9 Å². The Morgan fingerprint density at radius 3 is 2.61 bits per heavy atom. The van der Waals surface area contributed by atoms with E-state index >= 15 is 0 Å². The monoisotopic (exact) mass is 523 g/mol. The highest BCUT2D eigenvalue weighted by atomic mass is 19.1. The minimum Gasteiger partial charge on any atom is -0.483 e. The molecule has 0 unspecified atom stereocenters. The van der Waals surface area contributed by atoms with Crippen LogP contribution in [0.15, 0.2) is 36.4 Å². The Morgan fingerprint density at radius 2 is 1.84 bits per heavy atom. The van der Waals surface area contributed by atoms with Crippen LogP contribution in [0.4, 0.5) is 4.39 Å². The van der Waals surface area contributed by atoms with Crippen LogP contribution in [0.3, 0.4) is 0 Å². The van der Waals surface area contributed by atoms with Crippen LogP contribution in [0.2, 0.25) is 0 Å². The molecule has 0 bridgehead atoms. The normalized spacial score (nSPS) is 14.2. The van der Waals surface area contributed by atoms with Gasteiger partial charge in [0.1, 0.15) is 11.6 Å². The lowest BCUT2D eigenvalue weighted by Gasteiger charge is -2.24. The maximum absolute atomic E-state index is 14.4. The number of carbonyl (C=O) groups is 1. The van der Waals surface area contributed by atoms with Gasteiger partial charge in [0, 0.05) is 43.2 Å². The molecule has 206 valence electrons. The molecule has 7 heteroatoms. The molecule has 1 amide bonds. The molecule has 1 heterocycles. The number of nitrogens with zero attached hydrogens (tertiary/aromatic N) is 1. The number of hydrogen-bond donors (Lipinski definition) is 2. The van der Waals surface area contributed by atoms with Crippen molar-refractivity contribution < 1.29 is 18.7 Å². The Morgan fingerprint density at radius 1 is 1.05 bits per heavy atom. The van der Waals surface area contributed by atoms with E-state index in [9.17, 15) is 9.18 Å². The molecule has 0 radical (unpaired) electrons. The van der Waals surface area contributed by atoms with E-state index in [2.05, 4.69) is 40.4 Å². The van der Waals surface area contributed by atoms with Crippen LogP contribution in [0.1, 0.15) is 68.4 Å². The summed E-state index contributed by atoms with van der Waals surface area (Å²) in [6.07, 6.45) is 9.02. The summed E-state index contributed by atoms with van der Waals surface area (Å²) in [5.74, 6) is 0.255. The van der Waals surface area contributed by atoms with Gasteiger partial charge < -0.3 is 24.7 Å². The average Bonchev–Trinajstić information content (AvgIpc) is 3.21. The molecule has 2 N–H and O–H groups in total. The third-order valence-electron chi connectivity index (χ3n) is 7.61. The van der Waals surface area contributed by atoms with Crippen molar-refractivity contribution in [2.45, 2.75) is 63.9 Å². The first-order chi connectivity index (χ1) is 18.5. The van der Waals surface area contributed by atoms with Gasteiger partial charge in [0.05, 0.1) is 12.3 Å². The maximum atomic E-state index is 14.4. The number of fused-ring (bicyclic) bond motifs is 1. The fourth-order valence-electron chi connectivity index (χ4n) is 5.73. The number of amides is 1. The van der Waals surface area contributed by atoms with Crippen molar-refractivity contribution in [2.24, 2.45) is 7.05 Å². The van der Waals surface area contributed by atoms with Crippen molar-refractivity contribution in [3.63, 3.8) is 0 Å². The molecule has 6 nitrogen and oxygen atoms in total. The lowest BCUT2D eigenvalue weighted by atomic mass is 9.81. The number of hydrogen-bond acceptors (Lipinski definition) is 4. The first kappa shape index (κ1) is 28.1. The Kier molecular flexibility index (Phi) is 10.2. The Hall–Kier alpha value is -2.90. The fourth-order valence-corrected chi connectivity index (χ4v) is 5.73. The SMILES string of the molecule is CNCCCCCNC(=O)COc1cc(F)ccc1-c1c(C2CCCCC2)c2ccc(COC)cc2n1C. The van der Waals surface area contributed by atoms with Gasteiger partial charge >= 0.3 is 0 Å². The summed E-state index contributed by atoms with van der Waals surface area (Å²) in [4.78, 5) is 12.5. The predicted octanol–water partition coefficient (Wildman–Crippen LogP) is 6.06. The number of rotatable bonds is 13. The largest absolute Gasteiger partial charge is 0.483 e. The predicted molar refractivity (Wildman–Crippen MR) is 151 cm³/mol. The zero-order valence-electron chi connectivity index (χ0n) is 23.1. The summed E-state index contributed by atoms with van der Waals surface area (Å²) in [5.41, 5.74) is 5.40. The lowest BCUT2D eigenvalue weighted by molar-refractivity contribution is -0.123. The van der Waals surface area contributed by atoms with E-state index in [1.54, 1.807) is 13.2 Å². The molecule has 1 fully saturated rings. The van der Waals surface area contributed by atoms with Gasteiger partial charge in [-0.25, -0.2) is 4.39 Å². The summed E-state index contributed by atoms with van der Waals surface area (Å²) in [7, 11) is 5.71. The first-order valence-corrected chi connectivity index (χ1v) is 14.0. The summed E-state index contributed by atoms with van der Waals surface area (Å²) < 4.78 is 28.0. The molecule has 2 aromatic carbocycles. The van der Waals surface area contributed by atoms with Gasteiger partial charge in [0.25, 0.3) is 5.91 Å². The smallest absolute Gasteiger partial charge is 0.257 e. The molecule has 1 saturated carbocycles. The minimum atomic E-state index is -0.381. The number of methoxy groups -OCH3 is 1. The van der Waals surface area contributed by atoms with Crippen molar-refractivity contribution in [1.29, 1.82) is 0 Å². The van der Waals surface area contributed by atoms with Crippen LogP contribution in [0.5, 0.6) is 5.75 Å². The van der Waals surface area contributed by atoms with E-state index in [0.717, 1.165) is 61.0 Å². The second kappa shape index (κ2) is 13.8. The van der Waals surface area contributed by atoms with Crippen LogP contribution in [0.25, 0.3) is 22.2 Å². The second-order valence-electron chi connectivity index (χ2n) is 10.4. The molecule has 38 heavy (non-hydrogen) atoms. The standard InChI is InChI=1S/C31H42FN3O3/c1-33-16-8-5-9-17-34-29(36)21-38-28-19-24(32)13-15-26(28)31-30(23-10-6-4-7-11-23)25-14-12-22(20-37-3)18-27(25)35(31)2/h12-15,18-19,23,33H,4-11,16-17,20-21H2,1-3H3,(H,34,36). The molecule has 0 saturated heterocycles. The highest BCUT2D eigenvalue weighted by Crippen LogP contribution is 2.46. The molecule has 0 atom stereocenters. The molecule has 4 rings (SSSR count). The molecule has 3 aromatic rings. The van der Waals surface area contributed by atoms with Crippen molar-refractivity contribution in [3.05, 3.63) is 53.3 Å². The van der Waals surface area contributed by atoms with E-state index in [-0.39, 0.29) is 18.3 Å². The van der Waals surface area contributed by atoms with Gasteiger partial charge in [-0.1, -0.05) is 37.8 Å². The van der Waals surface area contributed by atoms with Gasteiger partial charge in [-0.05, 0) is 74.5 Å². The number of ether oxygens (including phenoxy) is 2. The first-order valence-electron chi connectivity index (χ1n) is 14.0. The number of aromatic nitrogens is 1. The second-order valence-corrected chi connectivity index (χ2v) is 10.4. The van der Waals surface area contributed by atoms with Gasteiger partial charge in [0.2, 0.25) is 0 Å². The molecule has 0 spiro atoms. The third kappa shape index (κ3) is 6.75. The van der Waals surface area contributed by atoms with Gasteiger partial charge in [0.15, 0.2) is 6.61 Å². The van der Waals surface area contributed by atoms with Crippen LogP contribution >= 0.6 is 0 Å². The van der Waals surface area contributed by atoms with Crippen LogP contribution < -0.4 is 15.4 Å². The van der Waals surface area contributed by atoms with E-state index in [4.69, 9.17) is 9.47 Å². The number of unbranched alkanes of at least 4 members (excludes halogenated alkanes) is 2. The Bertz CT molecular complexity index is 1220. The molecule has 1 aromatic heterocycles. The summed E-state index contributed by atoms with van der Waals surface area (Å²) >= 11 is 0.